The summed E-state index contributed by atoms with van der Waals surface area (Å²) in [5.74, 6) is 1.80. The van der Waals surface area contributed by atoms with Crippen LogP contribution >= 0.6 is 0 Å². The Morgan fingerprint density at radius 3 is 2.90 bits per heavy atom. The lowest BCUT2D eigenvalue weighted by Gasteiger charge is -2.20. The first kappa shape index (κ1) is 20.4. The van der Waals surface area contributed by atoms with Gasteiger partial charge in [0.15, 0.2) is 23.1 Å². The molecule has 31 heavy (non-hydrogen) atoms. The van der Waals surface area contributed by atoms with E-state index in [1.165, 1.54) is 0 Å². The number of anilines is 3. The Labute approximate surface area is 179 Å². The maximum Gasteiger partial charge on any atom is 0.273 e. The van der Waals surface area contributed by atoms with Crippen LogP contribution in [0.15, 0.2) is 24.5 Å². The van der Waals surface area contributed by atoms with Crippen molar-refractivity contribution in [1.29, 1.82) is 0 Å². The van der Waals surface area contributed by atoms with Crippen molar-refractivity contribution < 1.29 is 14.3 Å². The third kappa shape index (κ3) is 4.20. The van der Waals surface area contributed by atoms with Crippen molar-refractivity contribution in [1.82, 2.24) is 30.3 Å². The highest BCUT2D eigenvalue weighted by Crippen LogP contribution is 2.43. The highest BCUT2D eigenvalue weighted by Gasteiger charge is 2.23. The molecule has 3 aromatic rings. The lowest BCUT2D eigenvalue weighted by atomic mass is 10.1. The van der Waals surface area contributed by atoms with Crippen molar-refractivity contribution in [3.63, 3.8) is 0 Å². The second-order valence-electron chi connectivity index (χ2n) is 6.94. The van der Waals surface area contributed by atoms with Gasteiger partial charge in [0, 0.05) is 26.7 Å². The third-order valence-electron chi connectivity index (χ3n) is 4.79. The molecule has 0 saturated carbocycles. The Morgan fingerprint density at radius 2 is 2.16 bits per heavy atom. The van der Waals surface area contributed by atoms with Crippen molar-refractivity contribution in [3.8, 4) is 22.9 Å². The maximum atomic E-state index is 12.4. The first-order chi connectivity index (χ1) is 15.1. The fourth-order valence-corrected chi connectivity index (χ4v) is 3.27. The van der Waals surface area contributed by atoms with E-state index < -0.39 is 0 Å². The molecule has 0 spiro atoms. The van der Waals surface area contributed by atoms with Gasteiger partial charge in [0.2, 0.25) is 0 Å². The van der Waals surface area contributed by atoms with Crippen molar-refractivity contribution in [2.24, 2.45) is 7.05 Å². The van der Waals surface area contributed by atoms with Crippen molar-refractivity contribution >= 4 is 23.1 Å². The number of benzene rings is 1. The molecule has 2 aromatic heterocycles. The van der Waals surface area contributed by atoms with Gasteiger partial charge in [0.25, 0.3) is 5.91 Å². The van der Waals surface area contributed by atoms with Crippen LogP contribution in [0, 0.1) is 0 Å². The highest BCUT2D eigenvalue weighted by atomic mass is 16.5. The Bertz CT molecular complexity index is 1100. The molecule has 1 aliphatic heterocycles. The average Bonchev–Trinajstić information content (AvgIpc) is 3.21. The first-order valence-electron chi connectivity index (χ1n) is 9.91. The molecule has 1 aromatic carbocycles. The summed E-state index contributed by atoms with van der Waals surface area (Å²) in [6.07, 6.45) is 3.37. The molecule has 1 amide bonds. The van der Waals surface area contributed by atoms with Crippen LogP contribution in [0.4, 0.5) is 17.2 Å². The number of fused-ring (bicyclic) bond motifs is 3. The van der Waals surface area contributed by atoms with E-state index in [0.717, 1.165) is 19.4 Å². The number of carbonyl (C=O) groups is 1. The van der Waals surface area contributed by atoms with Crippen molar-refractivity contribution in [2.75, 3.05) is 37.9 Å². The third-order valence-corrected chi connectivity index (χ3v) is 4.79. The van der Waals surface area contributed by atoms with E-state index >= 15 is 0 Å². The molecule has 11 nitrogen and oxygen atoms in total. The van der Waals surface area contributed by atoms with Crippen LogP contribution in [-0.4, -0.2) is 58.2 Å². The summed E-state index contributed by atoms with van der Waals surface area (Å²) < 4.78 is 13.4. The van der Waals surface area contributed by atoms with Crippen LogP contribution in [0.5, 0.6) is 11.5 Å². The summed E-state index contributed by atoms with van der Waals surface area (Å²) >= 11 is 0. The lowest BCUT2D eigenvalue weighted by Crippen LogP contribution is -2.22. The lowest BCUT2D eigenvalue weighted by molar-refractivity contribution is 0.0958. The standard InChI is InChI=1S/C20H24N8O3/c1-21-20(29)16-13-10-15(25-26-16)22-8-4-5-9-31-14-7-6-12(18(30-3)17(14)24-13)19-23-11-28(2)27-19/h6-7,10-11,24H,4-5,8-9H2,1-3H3,(H,21,29)(H,22,25). The molecule has 0 aliphatic carbocycles. The fraction of sp³-hybridized carbons (Fsp3) is 0.350. The van der Waals surface area contributed by atoms with Gasteiger partial charge in [-0.2, -0.15) is 5.10 Å². The van der Waals surface area contributed by atoms with Gasteiger partial charge in [-0.25, -0.2) is 4.98 Å². The molecule has 162 valence electrons. The molecule has 11 heteroatoms. The van der Waals surface area contributed by atoms with Crippen LogP contribution in [0.25, 0.3) is 11.4 Å². The predicted octanol–water partition coefficient (Wildman–Crippen LogP) is 1.97. The van der Waals surface area contributed by atoms with Crippen LogP contribution in [0.3, 0.4) is 0 Å². The van der Waals surface area contributed by atoms with Gasteiger partial charge < -0.3 is 25.4 Å². The zero-order valence-electron chi connectivity index (χ0n) is 17.6. The zero-order valence-corrected chi connectivity index (χ0v) is 17.6. The summed E-state index contributed by atoms with van der Waals surface area (Å²) in [7, 11) is 4.91. The van der Waals surface area contributed by atoms with Gasteiger partial charge in [-0.1, -0.05) is 0 Å². The molecule has 3 N–H and O–H groups in total. The smallest absolute Gasteiger partial charge is 0.273 e. The number of ether oxygens (including phenoxy) is 2. The normalized spacial score (nSPS) is 13.4. The van der Waals surface area contributed by atoms with Crippen LogP contribution < -0.4 is 25.4 Å². The zero-order chi connectivity index (χ0) is 21.8. The van der Waals surface area contributed by atoms with Crippen molar-refractivity contribution in [2.45, 2.75) is 12.8 Å². The maximum absolute atomic E-state index is 12.4. The Kier molecular flexibility index (Phi) is 5.83. The number of carbonyl (C=O) groups excluding carboxylic acids is 1. The summed E-state index contributed by atoms with van der Waals surface area (Å²) in [5.41, 5.74) is 1.86. The topological polar surface area (TPSA) is 128 Å². The fourth-order valence-electron chi connectivity index (χ4n) is 3.27. The number of nitrogens with zero attached hydrogens (tertiary/aromatic N) is 5. The minimum absolute atomic E-state index is 0.152. The summed E-state index contributed by atoms with van der Waals surface area (Å²) in [5, 5.41) is 21.7. The highest BCUT2D eigenvalue weighted by molar-refractivity contribution is 5.99. The van der Waals surface area contributed by atoms with Crippen LogP contribution in [-0.2, 0) is 7.05 Å². The summed E-state index contributed by atoms with van der Waals surface area (Å²) in [4.78, 5) is 16.7. The van der Waals surface area contributed by atoms with E-state index in [1.807, 2.05) is 12.1 Å². The van der Waals surface area contributed by atoms with Gasteiger partial charge in [-0.3, -0.25) is 9.48 Å². The molecule has 0 fully saturated rings. The van der Waals surface area contributed by atoms with Crippen LogP contribution in [0.1, 0.15) is 23.3 Å². The Morgan fingerprint density at radius 1 is 1.29 bits per heavy atom. The SMILES string of the molecule is CNC(=O)c1nnc2cc1Nc1c(ccc(-c3ncn(C)n3)c1OC)OCCCCN2. The Hall–Kier alpha value is -3.89. The largest absolute Gasteiger partial charge is 0.494 e. The molecule has 0 radical (unpaired) electrons. The van der Waals surface area contributed by atoms with Crippen molar-refractivity contribution in [3.05, 3.63) is 30.2 Å². The molecule has 0 unspecified atom stereocenters. The second kappa shape index (κ2) is 8.86. The van der Waals surface area contributed by atoms with Gasteiger partial charge in [-0.05, 0) is 25.0 Å². The number of aryl methyl sites for hydroxylation is 1. The summed E-state index contributed by atoms with van der Waals surface area (Å²) in [6, 6.07) is 5.45. The van der Waals surface area contributed by atoms with Gasteiger partial charge in [-0.15, -0.1) is 10.2 Å². The number of hydrogen-bond donors (Lipinski definition) is 3. The first-order valence-corrected chi connectivity index (χ1v) is 9.91. The monoisotopic (exact) mass is 424 g/mol. The number of methoxy groups -OCH3 is 1. The number of hydrogen-bond acceptors (Lipinski definition) is 9. The minimum atomic E-state index is -0.363. The number of amides is 1. The molecular formula is C20H24N8O3. The molecule has 0 atom stereocenters. The van der Waals surface area contributed by atoms with Gasteiger partial charge in [0.05, 0.1) is 25.0 Å². The van der Waals surface area contributed by atoms with E-state index in [0.29, 0.717) is 46.7 Å². The number of aromatic nitrogens is 5. The minimum Gasteiger partial charge on any atom is -0.494 e. The summed E-state index contributed by atoms with van der Waals surface area (Å²) in [6.45, 7) is 1.25. The number of nitrogens with one attached hydrogen (secondary N) is 3. The van der Waals surface area contributed by atoms with E-state index in [4.69, 9.17) is 9.47 Å². The van der Waals surface area contributed by atoms with E-state index in [-0.39, 0.29) is 11.6 Å². The quantitative estimate of drug-likeness (QED) is 0.578. The molecule has 2 bridgehead atoms. The van der Waals surface area contributed by atoms with Crippen LogP contribution in [0.2, 0.25) is 0 Å². The average molecular weight is 424 g/mol. The predicted molar refractivity (Wildman–Crippen MR) is 115 cm³/mol. The molecule has 3 heterocycles. The van der Waals surface area contributed by atoms with Gasteiger partial charge in [0.1, 0.15) is 17.8 Å². The molecular weight excluding hydrogens is 400 g/mol. The van der Waals surface area contributed by atoms with E-state index in [9.17, 15) is 4.79 Å². The molecule has 4 rings (SSSR count). The second-order valence-corrected chi connectivity index (χ2v) is 6.94. The number of rotatable bonds is 3. The molecule has 1 aliphatic rings. The Balaban J connectivity index is 1.88. The van der Waals surface area contributed by atoms with E-state index in [2.05, 4.69) is 36.2 Å². The van der Waals surface area contributed by atoms with E-state index in [1.54, 1.807) is 38.3 Å². The molecule has 0 saturated heterocycles. The van der Waals surface area contributed by atoms with Gasteiger partial charge >= 0.3 is 0 Å².